The Morgan fingerprint density at radius 1 is 1.22 bits per heavy atom. The summed E-state index contributed by atoms with van der Waals surface area (Å²) >= 11 is 0. The van der Waals surface area contributed by atoms with E-state index in [4.69, 9.17) is 5.73 Å². The summed E-state index contributed by atoms with van der Waals surface area (Å²) in [6.07, 6.45) is 0.949. The Bertz CT molecular complexity index is 992. The van der Waals surface area contributed by atoms with E-state index in [0.29, 0.717) is 17.9 Å². The smallest absolute Gasteiger partial charge is 0.256 e. The molecule has 6 heteroatoms. The fraction of sp³-hybridized carbons (Fsp3) is 0.238. The normalized spacial score (nSPS) is 13.2. The van der Waals surface area contributed by atoms with Crippen LogP contribution < -0.4 is 16.4 Å². The quantitative estimate of drug-likeness (QED) is 0.624. The van der Waals surface area contributed by atoms with E-state index in [2.05, 4.69) is 15.7 Å². The van der Waals surface area contributed by atoms with E-state index < -0.39 is 0 Å². The number of fused-ring (bicyclic) bond motifs is 1. The van der Waals surface area contributed by atoms with Crippen molar-refractivity contribution < 1.29 is 4.79 Å². The third-order valence-corrected chi connectivity index (χ3v) is 4.86. The van der Waals surface area contributed by atoms with Gasteiger partial charge < -0.3 is 16.4 Å². The molecule has 0 fully saturated rings. The Morgan fingerprint density at radius 3 is 2.96 bits per heavy atom. The summed E-state index contributed by atoms with van der Waals surface area (Å²) in [6, 6.07) is 15.5. The van der Waals surface area contributed by atoms with E-state index in [-0.39, 0.29) is 5.91 Å². The van der Waals surface area contributed by atoms with Crippen LogP contribution in [-0.4, -0.2) is 22.2 Å². The number of aryl methyl sites for hydroxylation is 1. The number of rotatable bonds is 4. The maximum absolute atomic E-state index is 12.6. The molecule has 0 saturated heterocycles. The minimum absolute atomic E-state index is 0.134. The highest BCUT2D eigenvalue weighted by Gasteiger charge is 2.14. The molecule has 0 saturated carbocycles. The molecule has 0 aliphatic carbocycles. The third kappa shape index (κ3) is 3.85. The van der Waals surface area contributed by atoms with Crippen molar-refractivity contribution in [2.45, 2.75) is 26.4 Å². The molecule has 0 atom stereocenters. The van der Waals surface area contributed by atoms with Crippen LogP contribution in [0.2, 0.25) is 0 Å². The van der Waals surface area contributed by atoms with Gasteiger partial charge in [0, 0.05) is 29.6 Å². The van der Waals surface area contributed by atoms with Crippen LogP contribution in [0.1, 0.15) is 32.7 Å². The summed E-state index contributed by atoms with van der Waals surface area (Å²) in [5, 5.41) is 10.8. The van der Waals surface area contributed by atoms with Crippen LogP contribution in [-0.2, 0) is 19.5 Å². The van der Waals surface area contributed by atoms with Gasteiger partial charge in [0.25, 0.3) is 5.91 Å². The monoisotopic (exact) mass is 361 g/mol. The molecule has 0 unspecified atom stereocenters. The van der Waals surface area contributed by atoms with Crippen molar-refractivity contribution in [3.63, 3.8) is 0 Å². The molecule has 27 heavy (non-hydrogen) atoms. The highest BCUT2D eigenvalue weighted by atomic mass is 16.1. The van der Waals surface area contributed by atoms with Crippen LogP contribution in [0.15, 0.2) is 48.5 Å². The van der Waals surface area contributed by atoms with Crippen LogP contribution >= 0.6 is 0 Å². The van der Waals surface area contributed by atoms with Crippen LogP contribution in [0.4, 0.5) is 11.5 Å². The predicted octanol–water partition coefficient (Wildman–Crippen LogP) is 2.72. The maximum Gasteiger partial charge on any atom is 0.256 e. The molecule has 3 aromatic rings. The first-order chi connectivity index (χ1) is 13.1. The first kappa shape index (κ1) is 17.3. The number of amides is 1. The molecule has 1 aromatic heterocycles. The van der Waals surface area contributed by atoms with Gasteiger partial charge in [-0.05, 0) is 60.8 Å². The van der Waals surface area contributed by atoms with Gasteiger partial charge in [0.05, 0.1) is 6.54 Å². The lowest BCUT2D eigenvalue weighted by Crippen LogP contribution is -2.24. The predicted molar refractivity (Wildman–Crippen MR) is 107 cm³/mol. The minimum atomic E-state index is -0.134. The molecule has 4 N–H and O–H groups in total. The third-order valence-electron chi connectivity index (χ3n) is 4.86. The zero-order valence-electron chi connectivity index (χ0n) is 15.3. The summed E-state index contributed by atoms with van der Waals surface area (Å²) < 4.78 is 1.86. The summed E-state index contributed by atoms with van der Waals surface area (Å²) in [5.74, 6) is 0.422. The van der Waals surface area contributed by atoms with Crippen molar-refractivity contribution in [3.05, 3.63) is 76.5 Å². The Morgan fingerprint density at radius 2 is 2.11 bits per heavy atom. The summed E-state index contributed by atoms with van der Waals surface area (Å²) in [6.45, 7) is 4.40. The fourth-order valence-electron chi connectivity index (χ4n) is 3.40. The van der Waals surface area contributed by atoms with Crippen molar-refractivity contribution in [1.82, 2.24) is 15.1 Å². The minimum Gasteiger partial charge on any atom is -0.399 e. The average Bonchev–Trinajstić information content (AvgIpc) is 3.00. The van der Waals surface area contributed by atoms with Gasteiger partial charge in [-0.25, -0.2) is 0 Å². The standard InChI is InChI=1S/C21H23N5O/c1-14-9-20(25-26(14)13-15-3-2-4-19(22)10-15)24-21(27)17-5-6-18-12-23-8-7-16(18)11-17/h2-6,9-11,23H,7-8,12-13,22H2,1H3,(H,24,25,27). The Labute approximate surface area is 158 Å². The first-order valence-corrected chi connectivity index (χ1v) is 9.11. The SMILES string of the molecule is Cc1cc(NC(=O)c2ccc3c(c2)CCNC3)nn1Cc1cccc(N)c1. The largest absolute Gasteiger partial charge is 0.399 e. The van der Waals surface area contributed by atoms with Gasteiger partial charge in [-0.15, -0.1) is 0 Å². The van der Waals surface area contributed by atoms with Gasteiger partial charge in [-0.2, -0.15) is 5.10 Å². The van der Waals surface area contributed by atoms with E-state index in [0.717, 1.165) is 36.5 Å². The average molecular weight is 361 g/mol. The molecule has 0 spiro atoms. The van der Waals surface area contributed by atoms with Gasteiger partial charge >= 0.3 is 0 Å². The van der Waals surface area contributed by atoms with Crippen molar-refractivity contribution in [3.8, 4) is 0 Å². The molecule has 0 bridgehead atoms. The van der Waals surface area contributed by atoms with Gasteiger partial charge in [0.1, 0.15) is 0 Å². The second kappa shape index (κ2) is 7.25. The van der Waals surface area contributed by atoms with E-state index >= 15 is 0 Å². The van der Waals surface area contributed by atoms with Gasteiger partial charge in [0.15, 0.2) is 5.82 Å². The molecule has 0 radical (unpaired) electrons. The molecule has 138 valence electrons. The topological polar surface area (TPSA) is 85.0 Å². The number of nitrogens with zero attached hydrogens (tertiary/aromatic N) is 2. The van der Waals surface area contributed by atoms with Crippen molar-refractivity contribution in [1.29, 1.82) is 0 Å². The van der Waals surface area contributed by atoms with Crippen LogP contribution in [0, 0.1) is 6.92 Å². The van der Waals surface area contributed by atoms with E-state index in [1.807, 2.05) is 60.1 Å². The Kier molecular flexibility index (Phi) is 4.64. The lowest BCUT2D eigenvalue weighted by Gasteiger charge is -2.17. The van der Waals surface area contributed by atoms with Gasteiger partial charge in [-0.3, -0.25) is 9.48 Å². The molecule has 1 aliphatic rings. The maximum atomic E-state index is 12.6. The zero-order chi connectivity index (χ0) is 18.8. The summed E-state index contributed by atoms with van der Waals surface area (Å²) in [4.78, 5) is 12.6. The van der Waals surface area contributed by atoms with Crippen molar-refractivity contribution >= 4 is 17.4 Å². The molecule has 1 aliphatic heterocycles. The summed E-state index contributed by atoms with van der Waals surface area (Å²) in [7, 11) is 0. The molecule has 6 nitrogen and oxygen atoms in total. The van der Waals surface area contributed by atoms with Crippen molar-refractivity contribution in [2.75, 3.05) is 17.6 Å². The second-order valence-electron chi connectivity index (χ2n) is 6.94. The molecule has 4 rings (SSSR count). The fourth-order valence-corrected chi connectivity index (χ4v) is 3.40. The lowest BCUT2D eigenvalue weighted by molar-refractivity contribution is 0.102. The number of nitrogens with one attached hydrogen (secondary N) is 2. The number of aromatic nitrogens is 2. The molecular formula is C21H23N5O. The number of carbonyl (C=O) groups excluding carboxylic acids is 1. The van der Waals surface area contributed by atoms with E-state index in [1.54, 1.807) is 0 Å². The highest BCUT2D eigenvalue weighted by molar-refractivity contribution is 6.04. The number of hydrogen-bond acceptors (Lipinski definition) is 4. The van der Waals surface area contributed by atoms with Crippen molar-refractivity contribution in [2.24, 2.45) is 0 Å². The van der Waals surface area contributed by atoms with Gasteiger partial charge in [0.2, 0.25) is 0 Å². The number of hydrogen-bond donors (Lipinski definition) is 3. The number of carbonyl (C=O) groups is 1. The van der Waals surface area contributed by atoms with Gasteiger partial charge in [-0.1, -0.05) is 18.2 Å². The molecule has 2 aromatic carbocycles. The number of nitrogen functional groups attached to an aromatic ring is 1. The molecular weight excluding hydrogens is 338 g/mol. The zero-order valence-corrected chi connectivity index (χ0v) is 15.3. The number of nitrogens with two attached hydrogens (primary N) is 1. The molecule has 2 heterocycles. The Balaban J connectivity index is 1.49. The number of benzene rings is 2. The number of anilines is 2. The second-order valence-corrected chi connectivity index (χ2v) is 6.94. The van der Waals surface area contributed by atoms with Crippen LogP contribution in [0.3, 0.4) is 0 Å². The highest BCUT2D eigenvalue weighted by Crippen LogP contribution is 2.18. The van der Waals surface area contributed by atoms with Crippen LogP contribution in [0.25, 0.3) is 0 Å². The Hall–Kier alpha value is -3.12. The molecule has 1 amide bonds. The van der Waals surface area contributed by atoms with E-state index in [9.17, 15) is 4.79 Å². The first-order valence-electron chi connectivity index (χ1n) is 9.11. The van der Waals surface area contributed by atoms with Crippen LogP contribution in [0.5, 0.6) is 0 Å². The van der Waals surface area contributed by atoms with E-state index in [1.165, 1.54) is 11.1 Å². The summed E-state index contributed by atoms with van der Waals surface area (Å²) in [5.41, 5.74) is 11.8. The lowest BCUT2D eigenvalue weighted by atomic mass is 9.98.